The van der Waals surface area contributed by atoms with Gasteiger partial charge in [-0.3, -0.25) is 0 Å². The molecule has 0 fully saturated rings. The molecule has 1 aromatic rings. The van der Waals surface area contributed by atoms with Gasteiger partial charge in [-0.1, -0.05) is 19.9 Å². The molecule has 4 heteroatoms. The molecule has 0 saturated heterocycles. The van der Waals surface area contributed by atoms with Gasteiger partial charge >= 0.3 is 0 Å². The van der Waals surface area contributed by atoms with Crippen molar-refractivity contribution in [3.63, 3.8) is 0 Å². The van der Waals surface area contributed by atoms with E-state index in [-0.39, 0.29) is 0 Å². The van der Waals surface area contributed by atoms with Gasteiger partial charge in [0.2, 0.25) is 0 Å². The summed E-state index contributed by atoms with van der Waals surface area (Å²) < 4.78 is 10.6. The normalized spacial score (nSPS) is 12.5. The summed E-state index contributed by atoms with van der Waals surface area (Å²) >= 11 is 0. The molecule has 114 valence electrons. The van der Waals surface area contributed by atoms with E-state index in [0.29, 0.717) is 12.5 Å². The van der Waals surface area contributed by atoms with Gasteiger partial charge in [0.05, 0.1) is 14.2 Å². The number of rotatable bonds is 9. The van der Waals surface area contributed by atoms with E-state index in [1.54, 1.807) is 14.2 Å². The molecule has 0 radical (unpaired) electrons. The van der Waals surface area contributed by atoms with Crippen LogP contribution in [0.5, 0.6) is 11.5 Å². The first-order valence-corrected chi connectivity index (χ1v) is 7.34. The quantitative estimate of drug-likeness (QED) is 0.755. The maximum Gasteiger partial charge on any atom is 0.160 e. The molecular formula is C16H28N2O2. The Hall–Kier alpha value is -1.26. The molecule has 0 amide bonds. The van der Waals surface area contributed by atoms with E-state index in [2.05, 4.69) is 24.8 Å². The van der Waals surface area contributed by atoms with Crippen molar-refractivity contribution < 1.29 is 9.47 Å². The summed E-state index contributed by atoms with van der Waals surface area (Å²) in [6.07, 6.45) is 1.06. The van der Waals surface area contributed by atoms with E-state index in [1.807, 2.05) is 12.1 Å². The van der Waals surface area contributed by atoms with Crippen molar-refractivity contribution >= 4 is 0 Å². The third-order valence-corrected chi connectivity index (χ3v) is 3.85. The molecule has 0 bridgehead atoms. The van der Waals surface area contributed by atoms with Crippen LogP contribution < -0.4 is 15.2 Å². The second-order valence-electron chi connectivity index (χ2n) is 4.86. The molecule has 4 nitrogen and oxygen atoms in total. The van der Waals surface area contributed by atoms with Crippen LogP contribution in [0.3, 0.4) is 0 Å². The minimum atomic E-state index is 0.357. The lowest BCUT2D eigenvalue weighted by Gasteiger charge is -2.22. The number of hydrogen-bond acceptors (Lipinski definition) is 4. The van der Waals surface area contributed by atoms with Gasteiger partial charge in [-0.2, -0.15) is 0 Å². The Bertz CT molecular complexity index is 392. The fourth-order valence-corrected chi connectivity index (χ4v) is 2.41. The Kier molecular flexibility index (Phi) is 7.41. The van der Waals surface area contributed by atoms with Crippen LogP contribution in [-0.4, -0.2) is 45.3 Å². The molecule has 20 heavy (non-hydrogen) atoms. The van der Waals surface area contributed by atoms with Crippen LogP contribution >= 0.6 is 0 Å². The Balaban J connectivity index is 2.79. The van der Waals surface area contributed by atoms with Crippen LogP contribution in [-0.2, 0) is 0 Å². The standard InChI is InChI=1S/C16H28N2O2/c1-5-18(6-2)10-9-14(12-17)13-7-8-15(19-3)16(11-13)20-4/h7-8,11,14H,5-6,9-10,12,17H2,1-4H3. The Morgan fingerprint density at radius 2 is 1.75 bits per heavy atom. The first-order chi connectivity index (χ1) is 9.69. The maximum absolute atomic E-state index is 5.95. The first kappa shape index (κ1) is 16.8. The smallest absolute Gasteiger partial charge is 0.160 e. The summed E-state index contributed by atoms with van der Waals surface area (Å²) in [5.74, 6) is 1.89. The lowest BCUT2D eigenvalue weighted by atomic mass is 9.95. The van der Waals surface area contributed by atoms with E-state index in [4.69, 9.17) is 15.2 Å². The highest BCUT2D eigenvalue weighted by Crippen LogP contribution is 2.31. The number of nitrogens with zero attached hydrogens (tertiary/aromatic N) is 1. The maximum atomic E-state index is 5.95. The minimum Gasteiger partial charge on any atom is -0.493 e. The molecule has 1 aromatic carbocycles. The van der Waals surface area contributed by atoms with Crippen molar-refractivity contribution in [1.82, 2.24) is 4.90 Å². The molecule has 0 aromatic heterocycles. The number of methoxy groups -OCH3 is 2. The average molecular weight is 280 g/mol. The third kappa shape index (κ3) is 4.39. The summed E-state index contributed by atoms with van der Waals surface area (Å²) in [4.78, 5) is 2.42. The summed E-state index contributed by atoms with van der Waals surface area (Å²) in [5, 5.41) is 0. The van der Waals surface area contributed by atoms with Gasteiger partial charge < -0.3 is 20.1 Å². The van der Waals surface area contributed by atoms with E-state index < -0.39 is 0 Å². The Morgan fingerprint density at radius 3 is 2.25 bits per heavy atom. The highest BCUT2D eigenvalue weighted by Gasteiger charge is 2.14. The largest absolute Gasteiger partial charge is 0.493 e. The minimum absolute atomic E-state index is 0.357. The summed E-state index contributed by atoms with van der Waals surface area (Å²) in [7, 11) is 3.31. The van der Waals surface area contributed by atoms with E-state index in [9.17, 15) is 0 Å². The summed E-state index contributed by atoms with van der Waals surface area (Å²) in [5.41, 5.74) is 7.17. The molecule has 0 spiro atoms. The zero-order valence-corrected chi connectivity index (χ0v) is 13.2. The average Bonchev–Trinajstić information content (AvgIpc) is 2.51. The fourth-order valence-electron chi connectivity index (χ4n) is 2.41. The third-order valence-electron chi connectivity index (χ3n) is 3.85. The molecular weight excluding hydrogens is 252 g/mol. The van der Waals surface area contributed by atoms with E-state index >= 15 is 0 Å². The highest BCUT2D eigenvalue weighted by atomic mass is 16.5. The number of nitrogens with two attached hydrogens (primary N) is 1. The summed E-state index contributed by atoms with van der Waals surface area (Å²) in [6.45, 7) is 8.27. The zero-order valence-electron chi connectivity index (χ0n) is 13.2. The molecule has 1 rings (SSSR count). The Morgan fingerprint density at radius 1 is 1.10 bits per heavy atom. The summed E-state index contributed by atoms with van der Waals surface area (Å²) in [6, 6.07) is 6.08. The molecule has 0 saturated carbocycles. The topological polar surface area (TPSA) is 47.7 Å². The second-order valence-corrected chi connectivity index (χ2v) is 4.86. The van der Waals surface area contributed by atoms with Crippen molar-refractivity contribution in [3.05, 3.63) is 23.8 Å². The van der Waals surface area contributed by atoms with Gasteiger partial charge in [0, 0.05) is 0 Å². The first-order valence-electron chi connectivity index (χ1n) is 7.34. The Labute approximate surface area is 122 Å². The van der Waals surface area contributed by atoms with Gasteiger partial charge in [-0.05, 0) is 56.2 Å². The van der Waals surface area contributed by atoms with Crippen LogP contribution in [0.25, 0.3) is 0 Å². The van der Waals surface area contributed by atoms with E-state index in [0.717, 1.165) is 37.6 Å². The van der Waals surface area contributed by atoms with Gasteiger partial charge in [0.1, 0.15) is 0 Å². The van der Waals surface area contributed by atoms with Crippen LogP contribution in [0.1, 0.15) is 31.7 Å². The van der Waals surface area contributed by atoms with Crippen molar-refractivity contribution in [2.75, 3.05) is 40.4 Å². The highest BCUT2D eigenvalue weighted by molar-refractivity contribution is 5.44. The van der Waals surface area contributed by atoms with Gasteiger partial charge in [0.25, 0.3) is 0 Å². The van der Waals surface area contributed by atoms with E-state index in [1.165, 1.54) is 5.56 Å². The van der Waals surface area contributed by atoms with Crippen LogP contribution in [0.4, 0.5) is 0 Å². The predicted octanol–water partition coefficient (Wildman–Crippen LogP) is 2.48. The lowest BCUT2D eigenvalue weighted by molar-refractivity contribution is 0.290. The molecule has 1 unspecified atom stereocenters. The fraction of sp³-hybridized carbons (Fsp3) is 0.625. The van der Waals surface area contributed by atoms with Crippen LogP contribution in [0.15, 0.2) is 18.2 Å². The van der Waals surface area contributed by atoms with Gasteiger partial charge in [-0.15, -0.1) is 0 Å². The van der Waals surface area contributed by atoms with Gasteiger partial charge in [-0.25, -0.2) is 0 Å². The molecule has 1 atom stereocenters. The SMILES string of the molecule is CCN(CC)CCC(CN)c1ccc(OC)c(OC)c1. The van der Waals surface area contributed by atoms with Crippen molar-refractivity contribution in [2.45, 2.75) is 26.2 Å². The zero-order chi connectivity index (χ0) is 15.0. The van der Waals surface area contributed by atoms with Crippen LogP contribution in [0, 0.1) is 0 Å². The van der Waals surface area contributed by atoms with Gasteiger partial charge in [0.15, 0.2) is 11.5 Å². The number of hydrogen-bond donors (Lipinski definition) is 1. The molecule has 0 aliphatic carbocycles. The van der Waals surface area contributed by atoms with Crippen molar-refractivity contribution in [1.29, 1.82) is 0 Å². The molecule has 0 heterocycles. The predicted molar refractivity (Wildman–Crippen MR) is 83.7 cm³/mol. The molecule has 0 aliphatic rings. The number of ether oxygens (including phenoxy) is 2. The van der Waals surface area contributed by atoms with Crippen molar-refractivity contribution in [2.24, 2.45) is 5.73 Å². The lowest BCUT2D eigenvalue weighted by Crippen LogP contribution is -2.27. The molecule has 0 aliphatic heterocycles. The monoisotopic (exact) mass is 280 g/mol. The second kappa shape index (κ2) is 8.82. The molecule has 2 N–H and O–H groups in total. The van der Waals surface area contributed by atoms with Crippen molar-refractivity contribution in [3.8, 4) is 11.5 Å². The number of benzene rings is 1. The van der Waals surface area contributed by atoms with Crippen LogP contribution in [0.2, 0.25) is 0 Å².